The van der Waals surface area contributed by atoms with Gasteiger partial charge in [0, 0.05) is 16.9 Å². The summed E-state index contributed by atoms with van der Waals surface area (Å²) in [6.45, 7) is 5.83. The number of aliphatic hydroxyl groups is 2. The molecule has 0 fully saturated rings. The first-order valence-electron chi connectivity index (χ1n) is 16.3. The van der Waals surface area contributed by atoms with Gasteiger partial charge in [0.05, 0.1) is 11.4 Å². The molecular formula is C39H40N6O6. The first-order chi connectivity index (χ1) is 24.3. The highest BCUT2D eigenvalue weighted by atomic mass is 16.3. The lowest BCUT2D eigenvalue weighted by Crippen LogP contribution is -2.49. The van der Waals surface area contributed by atoms with Gasteiger partial charge >= 0.3 is 0 Å². The number of nitrogens with one attached hydrogen (secondary N) is 5. The summed E-state index contributed by atoms with van der Waals surface area (Å²) < 4.78 is 0. The van der Waals surface area contributed by atoms with Crippen molar-refractivity contribution in [3.63, 3.8) is 0 Å². The third kappa shape index (κ3) is 8.55. The van der Waals surface area contributed by atoms with Gasteiger partial charge in [0.1, 0.15) is 12.1 Å². The molecule has 0 saturated carbocycles. The molecule has 51 heavy (non-hydrogen) atoms. The lowest BCUT2D eigenvalue weighted by molar-refractivity contribution is -0.141. The summed E-state index contributed by atoms with van der Waals surface area (Å²) in [4.78, 5) is 51.1. The monoisotopic (exact) mass is 688 g/mol. The van der Waals surface area contributed by atoms with E-state index in [1.807, 2.05) is 18.2 Å². The number of nitrogens with zero attached hydrogens (tertiary/aromatic N) is 1. The molecule has 0 aliphatic carbocycles. The van der Waals surface area contributed by atoms with Gasteiger partial charge in [-0.2, -0.15) is 5.10 Å². The molecule has 2 unspecified atom stereocenters. The number of amides is 4. The average molecular weight is 689 g/mol. The number of hydrogen-bond donors (Lipinski definition) is 7. The Balaban J connectivity index is 1.13. The normalized spacial score (nSPS) is 14.5. The topological polar surface area (TPSA) is 186 Å². The number of carbonyl (C=O) groups is 4. The Hall–Kier alpha value is -6.11. The fourth-order valence-electron chi connectivity index (χ4n) is 5.17. The number of benzene rings is 4. The van der Waals surface area contributed by atoms with E-state index in [1.54, 1.807) is 97.1 Å². The number of carbonyl (C=O) groups excluding carboxylic acids is 4. The number of aromatic amines is 1. The van der Waals surface area contributed by atoms with Crippen molar-refractivity contribution < 1.29 is 29.4 Å². The minimum absolute atomic E-state index is 0.415. The van der Waals surface area contributed by atoms with Crippen molar-refractivity contribution in [1.29, 1.82) is 0 Å². The minimum Gasteiger partial charge on any atom is -0.376 e. The lowest BCUT2D eigenvalue weighted by Gasteiger charge is -2.25. The number of anilines is 2. The highest BCUT2D eigenvalue weighted by Crippen LogP contribution is 2.27. The third-order valence-corrected chi connectivity index (χ3v) is 8.53. The Morgan fingerprint density at radius 2 is 1.00 bits per heavy atom. The zero-order valence-electron chi connectivity index (χ0n) is 28.6. The van der Waals surface area contributed by atoms with Crippen LogP contribution in [-0.4, -0.2) is 56.1 Å². The Morgan fingerprint density at radius 1 is 0.608 bits per heavy atom. The van der Waals surface area contributed by atoms with Crippen molar-refractivity contribution in [1.82, 2.24) is 20.8 Å². The van der Waals surface area contributed by atoms with E-state index in [9.17, 15) is 29.4 Å². The second-order valence-corrected chi connectivity index (χ2v) is 12.6. The van der Waals surface area contributed by atoms with Crippen LogP contribution in [0.2, 0.25) is 0 Å². The highest BCUT2D eigenvalue weighted by molar-refractivity contribution is 5.99. The van der Waals surface area contributed by atoms with Gasteiger partial charge in [-0.05, 0) is 74.7 Å². The SMILES string of the molecule is C[C@H](NC(=O)C(C)(O)c1ccccc1)C(=O)Nc1ccc(-c2cc(-c3ccc(NC(=O)[C@H](C)NC(=O)C(C)(O)c4ccccc4)cc3)[nH]n2)cc1. The maximum Gasteiger partial charge on any atom is 0.256 e. The van der Waals surface area contributed by atoms with Gasteiger partial charge in [-0.3, -0.25) is 24.3 Å². The first-order valence-corrected chi connectivity index (χ1v) is 16.3. The molecule has 4 amide bonds. The molecule has 1 aromatic heterocycles. The van der Waals surface area contributed by atoms with Crippen LogP contribution in [0.15, 0.2) is 115 Å². The third-order valence-electron chi connectivity index (χ3n) is 8.53. The van der Waals surface area contributed by atoms with Crippen molar-refractivity contribution in [2.24, 2.45) is 0 Å². The maximum atomic E-state index is 12.8. The summed E-state index contributed by atoms with van der Waals surface area (Å²) in [7, 11) is 0. The van der Waals surface area contributed by atoms with Crippen LogP contribution in [0.25, 0.3) is 22.5 Å². The number of H-pyrrole nitrogens is 1. The Morgan fingerprint density at radius 3 is 1.41 bits per heavy atom. The molecule has 0 spiro atoms. The number of aromatic nitrogens is 2. The first kappa shape index (κ1) is 36.2. The number of rotatable bonds is 12. The summed E-state index contributed by atoms with van der Waals surface area (Å²) in [5.41, 5.74) is 1.28. The van der Waals surface area contributed by atoms with Crippen molar-refractivity contribution >= 4 is 35.0 Å². The van der Waals surface area contributed by atoms with Crippen molar-refractivity contribution in [3.8, 4) is 22.5 Å². The van der Waals surface area contributed by atoms with E-state index in [-0.39, 0.29) is 0 Å². The predicted molar refractivity (Wildman–Crippen MR) is 194 cm³/mol. The summed E-state index contributed by atoms with van der Waals surface area (Å²) >= 11 is 0. The maximum absolute atomic E-state index is 12.8. The van der Waals surface area contributed by atoms with Crippen LogP contribution in [0.1, 0.15) is 38.8 Å². The smallest absolute Gasteiger partial charge is 0.256 e. The van der Waals surface area contributed by atoms with E-state index in [0.29, 0.717) is 28.2 Å². The molecule has 1 heterocycles. The van der Waals surface area contributed by atoms with Crippen LogP contribution in [0, 0.1) is 0 Å². The van der Waals surface area contributed by atoms with Gasteiger partial charge < -0.3 is 31.5 Å². The van der Waals surface area contributed by atoms with Crippen molar-refractivity contribution in [2.75, 3.05) is 10.6 Å². The molecule has 0 aliphatic heterocycles. The summed E-state index contributed by atoms with van der Waals surface area (Å²) in [6, 6.07) is 31.2. The number of hydrogen-bond acceptors (Lipinski definition) is 7. The van der Waals surface area contributed by atoms with E-state index in [4.69, 9.17) is 0 Å². The zero-order valence-corrected chi connectivity index (χ0v) is 28.6. The second kappa shape index (κ2) is 15.2. The van der Waals surface area contributed by atoms with Gasteiger partial charge in [0.15, 0.2) is 11.2 Å². The van der Waals surface area contributed by atoms with Crippen LogP contribution in [0.5, 0.6) is 0 Å². The molecule has 4 atom stereocenters. The quantitative estimate of drug-likeness (QED) is 0.101. The Kier molecular flexibility index (Phi) is 10.8. The predicted octanol–water partition coefficient (Wildman–Crippen LogP) is 4.45. The van der Waals surface area contributed by atoms with Crippen LogP contribution >= 0.6 is 0 Å². The largest absolute Gasteiger partial charge is 0.376 e. The van der Waals surface area contributed by atoms with Crippen molar-refractivity contribution in [3.05, 3.63) is 126 Å². The van der Waals surface area contributed by atoms with Crippen LogP contribution in [-0.2, 0) is 30.4 Å². The fraction of sp³-hybridized carbons (Fsp3) is 0.205. The molecular weight excluding hydrogens is 648 g/mol. The van der Waals surface area contributed by atoms with E-state index in [2.05, 4.69) is 31.5 Å². The summed E-state index contributed by atoms with van der Waals surface area (Å²) in [5, 5.41) is 39.6. The van der Waals surface area contributed by atoms with E-state index < -0.39 is 46.9 Å². The van der Waals surface area contributed by atoms with Gasteiger partial charge in [0.25, 0.3) is 11.8 Å². The standard InChI is InChI=1S/C39H40N6O6/c1-24(40-36(48)38(3,50)28-11-7-5-8-12-28)34(46)42-30-19-15-26(16-20-30)32-23-33(45-44-32)27-17-21-31(22-18-27)43-35(47)25(2)41-37(49)39(4,51)29-13-9-6-10-14-29/h5-25,50-51H,1-4H3,(H,40,48)(H,41,49)(H,42,46)(H,43,47)(H,44,45)/t24-,25-,38?,39?/m0/s1. The minimum atomic E-state index is -1.80. The molecule has 0 radical (unpaired) electrons. The Bertz CT molecular complexity index is 1850. The molecule has 12 heteroatoms. The molecule has 7 N–H and O–H groups in total. The van der Waals surface area contributed by atoms with E-state index >= 15 is 0 Å². The molecule has 4 aromatic carbocycles. The second-order valence-electron chi connectivity index (χ2n) is 12.6. The molecule has 262 valence electrons. The van der Waals surface area contributed by atoms with E-state index in [0.717, 1.165) is 16.8 Å². The lowest BCUT2D eigenvalue weighted by atomic mass is 9.95. The van der Waals surface area contributed by atoms with Gasteiger partial charge in [0.2, 0.25) is 11.8 Å². The zero-order chi connectivity index (χ0) is 36.8. The van der Waals surface area contributed by atoms with Crippen LogP contribution in [0.4, 0.5) is 11.4 Å². The van der Waals surface area contributed by atoms with Crippen LogP contribution < -0.4 is 21.3 Å². The Labute approximate surface area is 295 Å². The summed E-state index contributed by atoms with van der Waals surface area (Å²) in [6.07, 6.45) is 0. The van der Waals surface area contributed by atoms with Crippen molar-refractivity contribution in [2.45, 2.75) is 51.0 Å². The van der Waals surface area contributed by atoms with Gasteiger partial charge in [-0.25, -0.2) is 0 Å². The molecule has 5 rings (SSSR count). The molecule has 0 saturated heterocycles. The molecule has 5 aromatic rings. The average Bonchev–Trinajstić information content (AvgIpc) is 3.63. The van der Waals surface area contributed by atoms with Gasteiger partial charge in [-0.15, -0.1) is 0 Å². The highest BCUT2D eigenvalue weighted by Gasteiger charge is 2.35. The molecule has 12 nitrogen and oxygen atoms in total. The van der Waals surface area contributed by atoms with Crippen LogP contribution in [0.3, 0.4) is 0 Å². The molecule has 0 aliphatic rings. The van der Waals surface area contributed by atoms with Gasteiger partial charge in [-0.1, -0.05) is 84.9 Å². The summed E-state index contributed by atoms with van der Waals surface area (Å²) in [5.74, 6) is -2.27. The molecule has 0 bridgehead atoms. The fourth-order valence-corrected chi connectivity index (χ4v) is 5.17. The van der Waals surface area contributed by atoms with E-state index in [1.165, 1.54) is 27.7 Å².